The highest BCUT2D eigenvalue weighted by molar-refractivity contribution is 5.82. The molecule has 7 heteroatoms. The number of hydrogen-bond donors (Lipinski definition) is 3. The average Bonchev–Trinajstić information content (AvgIpc) is 3.51. The van der Waals surface area contributed by atoms with Gasteiger partial charge in [-0.1, -0.05) is 42.8 Å². The lowest BCUT2D eigenvalue weighted by Crippen LogP contribution is -2.50. The normalized spacial score (nSPS) is 32.9. The molecule has 1 aromatic carbocycles. The Labute approximate surface area is 183 Å². The molecular formula is C24H34O7. The van der Waals surface area contributed by atoms with Gasteiger partial charge in [-0.05, 0) is 32.3 Å². The van der Waals surface area contributed by atoms with E-state index in [9.17, 15) is 20.1 Å². The van der Waals surface area contributed by atoms with Crippen LogP contribution in [0.25, 0.3) is 0 Å². The quantitative estimate of drug-likeness (QED) is 0.310. The molecule has 7 nitrogen and oxygen atoms in total. The molecule has 2 saturated heterocycles. The molecule has 0 saturated carbocycles. The molecule has 0 unspecified atom stereocenters. The molecule has 0 aliphatic carbocycles. The molecule has 2 heterocycles. The molecule has 3 N–H and O–H groups in total. The summed E-state index contributed by atoms with van der Waals surface area (Å²) >= 11 is 0. The summed E-state index contributed by atoms with van der Waals surface area (Å²) in [7, 11) is 0. The third-order valence-electron chi connectivity index (χ3n) is 6.29. The second-order valence-electron chi connectivity index (χ2n) is 8.88. The number of benzene rings is 1. The van der Waals surface area contributed by atoms with Crippen molar-refractivity contribution in [1.82, 2.24) is 0 Å². The SMILES string of the molecule is C/C(=C\C(=O)OCc1ccccc1)C[C@@H]1OC[C@H](C[C@@H]2O[C@H]2[C@@H](C)[C@H](C)O)[C@@H](O)[C@H]1O. The van der Waals surface area contributed by atoms with Crippen molar-refractivity contribution in [2.75, 3.05) is 6.61 Å². The van der Waals surface area contributed by atoms with Gasteiger partial charge in [-0.2, -0.15) is 0 Å². The minimum atomic E-state index is -1.05. The van der Waals surface area contributed by atoms with Gasteiger partial charge in [-0.25, -0.2) is 4.79 Å². The maximum atomic E-state index is 12.0. The zero-order valence-corrected chi connectivity index (χ0v) is 18.4. The largest absolute Gasteiger partial charge is 0.458 e. The smallest absolute Gasteiger partial charge is 0.331 e. The van der Waals surface area contributed by atoms with Crippen LogP contribution in [0.5, 0.6) is 0 Å². The van der Waals surface area contributed by atoms with Crippen LogP contribution in [-0.2, 0) is 25.6 Å². The Bertz CT molecular complexity index is 748. The van der Waals surface area contributed by atoms with Crippen LogP contribution in [0.3, 0.4) is 0 Å². The lowest BCUT2D eigenvalue weighted by Gasteiger charge is -2.38. The van der Waals surface area contributed by atoms with Gasteiger partial charge in [-0.15, -0.1) is 0 Å². The summed E-state index contributed by atoms with van der Waals surface area (Å²) in [5.74, 6) is -0.657. The van der Waals surface area contributed by atoms with Crippen LogP contribution in [0.4, 0.5) is 0 Å². The average molecular weight is 435 g/mol. The summed E-state index contributed by atoms with van der Waals surface area (Å²) in [6, 6.07) is 9.43. The second kappa shape index (κ2) is 10.7. The number of aliphatic hydroxyl groups excluding tert-OH is 3. The van der Waals surface area contributed by atoms with Crippen molar-refractivity contribution in [2.24, 2.45) is 11.8 Å². The summed E-state index contributed by atoms with van der Waals surface area (Å²) in [4.78, 5) is 12.0. The van der Waals surface area contributed by atoms with Gasteiger partial charge >= 0.3 is 5.97 Å². The Morgan fingerprint density at radius 3 is 2.58 bits per heavy atom. The monoisotopic (exact) mass is 434 g/mol. The summed E-state index contributed by atoms with van der Waals surface area (Å²) in [6.07, 6.45) is -0.759. The van der Waals surface area contributed by atoms with Gasteiger partial charge in [0.25, 0.3) is 0 Å². The van der Waals surface area contributed by atoms with E-state index < -0.39 is 30.4 Å². The van der Waals surface area contributed by atoms with Crippen molar-refractivity contribution in [3.05, 3.63) is 47.5 Å². The second-order valence-corrected chi connectivity index (χ2v) is 8.88. The molecule has 0 spiro atoms. The molecule has 31 heavy (non-hydrogen) atoms. The molecule has 2 fully saturated rings. The molecule has 1 aromatic rings. The van der Waals surface area contributed by atoms with Crippen molar-refractivity contribution in [3.8, 4) is 0 Å². The topological polar surface area (TPSA) is 109 Å². The number of aliphatic hydroxyl groups is 3. The Morgan fingerprint density at radius 1 is 1.19 bits per heavy atom. The third kappa shape index (κ3) is 6.60. The van der Waals surface area contributed by atoms with E-state index in [0.29, 0.717) is 25.0 Å². The van der Waals surface area contributed by atoms with Crippen molar-refractivity contribution < 1.29 is 34.3 Å². The lowest BCUT2D eigenvalue weighted by atomic mass is 9.85. The molecule has 0 aromatic heterocycles. The van der Waals surface area contributed by atoms with E-state index in [1.54, 1.807) is 13.8 Å². The molecule has 2 aliphatic rings. The molecular weight excluding hydrogens is 400 g/mol. The first-order valence-electron chi connectivity index (χ1n) is 11.0. The van der Waals surface area contributed by atoms with Gasteiger partial charge in [0.05, 0.1) is 37.1 Å². The highest BCUT2D eigenvalue weighted by Gasteiger charge is 2.48. The van der Waals surface area contributed by atoms with E-state index in [2.05, 4.69) is 0 Å². The number of carbonyl (C=O) groups is 1. The van der Waals surface area contributed by atoms with E-state index in [1.807, 2.05) is 37.3 Å². The predicted octanol–water partition coefficient (Wildman–Crippen LogP) is 1.98. The number of carbonyl (C=O) groups excluding carboxylic acids is 1. The fourth-order valence-corrected chi connectivity index (χ4v) is 4.06. The number of ether oxygens (including phenoxy) is 3. The van der Waals surface area contributed by atoms with Crippen LogP contribution in [0.2, 0.25) is 0 Å². The minimum Gasteiger partial charge on any atom is -0.458 e. The number of esters is 1. The van der Waals surface area contributed by atoms with E-state index in [-0.39, 0.29) is 30.7 Å². The molecule has 0 radical (unpaired) electrons. The first-order valence-corrected chi connectivity index (χ1v) is 11.0. The van der Waals surface area contributed by atoms with Crippen LogP contribution in [-0.4, -0.2) is 64.5 Å². The fourth-order valence-electron chi connectivity index (χ4n) is 4.06. The van der Waals surface area contributed by atoms with E-state index in [0.717, 1.165) is 5.56 Å². The van der Waals surface area contributed by atoms with Gasteiger partial charge < -0.3 is 29.5 Å². The Balaban J connectivity index is 1.44. The molecule has 0 amide bonds. The van der Waals surface area contributed by atoms with Gasteiger partial charge in [0, 0.05) is 17.9 Å². The summed E-state index contributed by atoms with van der Waals surface area (Å²) in [5.41, 5.74) is 1.62. The highest BCUT2D eigenvalue weighted by Crippen LogP contribution is 2.38. The third-order valence-corrected chi connectivity index (χ3v) is 6.29. The first kappa shape index (κ1) is 23.9. The molecule has 2 aliphatic heterocycles. The Morgan fingerprint density at radius 2 is 1.90 bits per heavy atom. The van der Waals surface area contributed by atoms with Crippen molar-refractivity contribution in [3.63, 3.8) is 0 Å². The zero-order chi connectivity index (χ0) is 22.5. The van der Waals surface area contributed by atoms with Crippen LogP contribution in [0, 0.1) is 11.8 Å². The van der Waals surface area contributed by atoms with Crippen LogP contribution < -0.4 is 0 Å². The maximum absolute atomic E-state index is 12.0. The zero-order valence-electron chi connectivity index (χ0n) is 18.4. The molecule has 8 atom stereocenters. The van der Waals surface area contributed by atoms with Gasteiger partial charge in [-0.3, -0.25) is 0 Å². The minimum absolute atomic E-state index is 0.0193. The molecule has 0 bridgehead atoms. The Hall–Kier alpha value is -1.77. The predicted molar refractivity (Wildman–Crippen MR) is 114 cm³/mol. The van der Waals surface area contributed by atoms with Crippen LogP contribution in [0.15, 0.2) is 42.0 Å². The summed E-state index contributed by atoms with van der Waals surface area (Å²) in [5, 5.41) is 30.8. The Kier molecular flexibility index (Phi) is 8.24. The molecule has 3 rings (SSSR count). The summed E-state index contributed by atoms with van der Waals surface area (Å²) in [6.45, 7) is 5.96. The van der Waals surface area contributed by atoms with E-state index in [4.69, 9.17) is 14.2 Å². The van der Waals surface area contributed by atoms with Crippen molar-refractivity contribution >= 4 is 5.97 Å². The van der Waals surface area contributed by atoms with Crippen molar-refractivity contribution in [1.29, 1.82) is 0 Å². The number of epoxide rings is 1. The van der Waals surface area contributed by atoms with Crippen molar-refractivity contribution in [2.45, 2.75) is 76.8 Å². The maximum Gasteiger partial charge on any atom is 0.331 e. The van der Waals surface area contributed by atoms with Gasteiger partial charge in [0.2, 0.25) is 0 Å². The van der Waals surface area contributed by atoms with Crippen LogP contribution >= 0.6 is 0 Å². The van der Waals surface area contributed by atoms with E-state index in [1.165, 1.54) is 6.08 Å². The summed E-state index contributed by atoms with van der Waals surface area (Å²) < 4.78 is 16.7. The number of rotatable bonds is 9. The van der Waals surface area contributed by atoms with Crippen LogP contribution in [0.1, 0.15) is 39.2 Å². The fraction of sp³-hybridized carbons (Fsp3) is 0.625. The molecule has 172 valence electrons. The van der Waals surface area contributed by atoms with E-state index >= 15 is 0 Å². The first-order chi connectivity index (χ1) is 14.8. The highest BCUT2D eigenvalue weighted by atomic mass is 16.6. The number of hydrogen-bond acceptors (Lipinski definition) is 7. The van der Waals surface area contributed by atoms with Gasteiger partial charge in [0.15, 0.2) is 0 Å². The van der Waals surface area contributed by atoms with Gasteiger partial charge in [0.1, 0.15) is 12.7 Å². The standard InChI is InChI=1S/C24H34O7/c1-14(10-21(26)30-12-17-7-5-4-6-8-17)9-19-23(28)22(27)18(13-29-19)11-20-24(31-20)15(2)16(3)25/h4-8,10,15-16,18-20,22-25,27-28H,9,11-13H2,1-3H3/b14-10+/t15-,16-,18-,19-,20-,22+,23-,24-/m0/s1. The lowest BCUT2D eigenvalue weighted by molar-refractivity contribution is -0.165.